The Balaban J connectivity index is 1.90. The molecular weight excluding hydrogens is 323 g/mol. The summed E-state index contributed by atoms with van der Waals surface area (Å²) in [7, 11) is 2.20. The van der Waals surface area contributed by atoms with E-state index in [1.54, 1.807) is 0 Å². The molecule has 4 rings (SSSR count). The highest BCUT2D eigenvalue weighted by molar-refractivity contribution is 5.90. The van der Waals surface area contributed by atoms with Gasteiger partial charge in [-0.05, 0) is 68.8 Å². The Morgan fingerprint density at radius 2 is 1.88 bits per heavy atom. The maximum atomic E-state index is 13.2. The number of allylic oxidation sites excluding steroid dienone is 1. The number of fused-ring (bicyclic) bond motifs is 3. The number of aryl methyl sites for hydroxylation is 1. The van der Waals surface area contributed by atoms with E-state index in [4.69, 9.17) is 0 Å². The standard InChI is InChI=1S/C23H25FN2/c1-15-5-10-22-20(11-15)21-14-25(4)17(3)12-23(21)26(22)13-16(2)18-6-8-19(24)9-7-18/h5-11,13,17H,12,14H2,1-4H3. The van der Waals surface area contributed by atoms with E-state index in [0.717, 1.165) is 24.1 Å². The van der Waals surface area contributed by atoms with Crippen LogP contribution in [0.15, 0.2) is 42.5 Å². The molecule has 0 amide bonds. The van der Waals surface area contributed by atoms with E-state index in [-0.39, 0.29) is 5.82 Å². The van der Waals surface area contributed by atoms with Crippen molar-refractivity contribution in [3.63, 3.8) is 0 Å². The summed E-state index contributed by atoms with van der Waals surface area (Å²) in [5, 5.41) is 1.35. The second kappa shape index (κ2) is 6.40. The summed E-state index contributed by atoms with van der Waals surface area (Å²) in [6, 6.07) is 14.0. The Kier molecular flexibility index (Phi) is 4.20. The summed E-state index contributed by atoms with van der Waals surface area (Å²) >= 11 is 0. The molecule has 0 saturated carbocycles. The van der Waals surface area contributed by atoms with Gasteiger partial charge in [0.15, 0.2) is 0 Å². The summed E-state index contributed by atoms with van der Waals surface area (Å²) in [4.78, 5) is 2.42. The number of likely N-dealkylation sites (N-methyl/N-ethyl adjacent to an activating group) is 1. The van der Waals surface area contributed by atoms with Crippen LogP contribution in [0.25, 0.3) is 22.7 Å². The van der Waals surface area contributed by atoms with Crippen LogP contribution in [0.1, 0.15) is 36.2 Å². The van der Waals surface area contributed by atoms with Gasteiger partial charge >= 0.3 is 0 Å². The van der Waals surface area contributed by atoms with Gasteiger partial charge in [0.2, 0.25) is 0 Å². The molecule has 1 aromatic heterocycles. The molecule has 0 fully saturated rings. The fourth-order valence-electron chi connectivity index (χ4n) is 3.92. The number of nitrogens with zero attached hydrogens (tertiary/aromatic N) is 2. The van der Waals surface area contributed by atoms with Crippen LogP contribution in [0, 0.1) is 12.7 Å². The molecule has 0 N–H and O–H groups in total. The van der Waals surface area contributed by atoms with Gasteiger partial charge in [-0.15, -0.1) is 0 Å². The number of hydrogen-bond acceptors (Lipinski definition) is 1. The number of hydrogen-bond donors (Lipinski definition) is 0. The number of aromatic nitrogens is 1. The highest BCUT2D eigenvalue weighted by Gasteiger charge is 2.26. The lowest BCUT2D eigenvalue weighted by atomic mass is 9.99. The maximum absolute atomic E-state index is 13.2. The van der Waals surface area contributed by atoms with Gasteiger partial charge < -0.3 is 4.57 Å². The number of halogens is 1. The summed E-state index contributed by atoms with van der Waals surface area (Å²) in [5.74, 6) is -0.197. The molecule has 2 nitrogen and oxygen atoms in total. The minimum Gasteiger partial charge on any atom is -0.320 e. The first-order chi connectivity index (χ1) is 12.4. The largest absolute Gasteiger partial charge is 0.320 e. The molecule has 2 heterocycles. The fourth-order valence-corrected chi connectivity index (χ4v) is 3.92. The first kappa shape index (κ1) is 17.0. The quantitative estimate of drug-likeness (QED) is 0.595. The lowest BCUT2D eigenvalue weighted by Gasteiger charge is -2.30. The molecule has 1 unspecified atom stereocenters. The first-order valence-electron chi connectivity index (χ1n) is 9.21. The minimum absolute atomic E-state index is 0.197. The zero-order chi connectivity index (χ0) is 18.4. The third kappa shape index (κ3) is 2.86. The van der Waals surface area contributed by atoms with Crippen LogP contribution in [0.4, 0.5) is 4.39 Å². The van der Waals surface area contributed by atoms with E-state index in [2.05, 4.69) is 61.7 Å². The van der Waals surface area contributed by atoms with Crippen molar-refractivity contribution in [3.05, 3.63) is 70.7 Å². The van der Waals surface area contributed by atoms with Crippen molar-refractivity contribution in [2.75, 3.05) is 7.05 Å². The Labute approximate surface area is 154 Å². The monoisotopic (exact) mass is 348 g/mol. The van der Waals surface area contributed by atoms with Crippen LogP contribution < -0.4 is 0 Å². The van der Waals surface area contributed by atoms with Crippen LogP contribution in [0.2, 0.25) is 0 Å². The van der Waals surface area contributed by atoms with Gasteiger partial charge in [0.25, 0.3) is 0 Å². The zero-order valence-corrected chi connectivity index (χ0v) is 15.9. The van der Waals surface area contributed by atoms with Crippen LogP contribution in [0.5, 0.6) is 0 Å². The van der Waals surface area contributed by atoms with Gasteiger partial charge in [-0.1, -0.05) is 23.8 Å². The second-order valence-corrected chi connectivity index (χ2v) is 7.60. The molecular formula is C23H25FN2. The summed E-state index contributed by atoms with van der Waals surface area (Å²) in [5.41, 5.74) is 7.57. The van der Waals surface area contributed by atoms with Crippen LogP contribution in [0.3, 0.4) is 0 Å². The smallest absolute Gasteiger partial charge is 0.123 e. The van der Waals surface area contributed by atoms with Crippen molar-refractivity contribution in [2.24, 2.45) is 0 Å². The molecule has 0 spiro atoms. The molecule has 0 saturated heterocycles. The molecule has 3 heteroatoms. The molecule has 1 aliphatic heterocycles. The minimum atomic E-state index is -0.197. The van der Waals surface area contributed by atoms with Gasteiger partial charge in [-0.3, -0.25) is 4.90 Å². The van der Waals surface area contributed by atoms with Gasteiger partial charge in [0.1, 0.15) is 5.82 Å². The summed E-state index contributed by atoms with van der Waals surface area (Å²) in [6.45, 7) is 7.51. The third-order valence-corrected chi connectivity index (χ3v) is 5.65. The van der Waals surface area contributed by atoms with Crippen LogP contribution in [-0.2, 0) is 13.0 Å². The van der Waals surface area contributed by atoms with Crippen molar-refractivity contribution in [3.8, 4) is 0 Å². The van der Waals surface area contributed by atoms with E-state index in [1.165, 1.54) is 39.9 Å². The highest BCUT2D eigenvalue weighted by atomic mass is 19.1. The third-order valence-electron chi connectivity index (χ3n) is 5.65. The fraction of sp³-hybridized carbons (Fsp3) is 0.304. The van der Waals surface area contributed by atoms with E-state index < -0.39 is 0 Å². The summed E-state index contributed by atoms with van der Waals surface area (Å²) in [6.07, 6.45) is 3.24. The van der Waals surface area contributed by atoms with E-state index in [9.17, 15) is 4.39 Å². The number of benzene rings is 2. The first-order valence-corrected chi connectivity index (χ1v) is 9.21. The van der Waals surface area contributed by atoms with Gasteiger partial charge in [-0.25, -0.2) is 4.39 Å². The molecule has 2 aromatic carbocycles. The molecule has 26 heavy (non-hydrogen) atoms. The van der Waals surface area contributed by atoms with E-state index in [0.29, 0.717) is 6.04 Å². The average Bonchev–Trinajstić information content (AvgIpc) is 2.88. The molecule has 1 atom stereocenters. The Morgan fingerprint density at radius 1 is 1.15 bits per heavy atom. The lowest BCUT2D eigenvalue weighted by Crippen LogP contribution is -2.35. The van der Waals surface area contributed by atoms with Crippen molar-refractivity contribution >= 4 is 22.7 Å². The van der Waals surface area contributed by atoms with Gasteiger partial charge in [0, 0.05) is 36.3 Å². The highest BCUT2D eigenvalue weighted by Crippen LogP contribution is 2.34. The van der Waals surface area contributed by atoms with Crippen molar-refractivity contribution in [1.82, 2.24) is 9.47 Å². The average molecular weight is 348 g/mol. The second-order valence-electron chi connectivity index (χ2n) is 7.60. The molecule has 3 aromatic rings. The predicted molar refractivity (Wildman–Crippen MR) is 108 cm³/mol. The molecule has 0 radical (unpaired) electrons. The van der Waals surface area contributed by atoms with Crippen molar-refractivity contribution < 1.29 is 4.39 Å². The van der Waals surface area contributed by atoms with Crippen molar-refractivity contribution in [1.29, 1.82) is 0 Å². The maximum Gasteiger partial charge on any atom is 0.123 e. The predicted octanol–water partition coefficient (Wildman–Crippen LogP) is 5.48. The van der Waals surface area contributed by atoms with Crippen molar-refractivity contribution in [2.45, 2.75) is 39.8 Å². The van der Waals surface area contributed by atoms with Gasteiger partial charge in [-0.2, -0.15) is 0 Å². The van der Waals surface area contributed by atoms with Crippen LogP contribution in [-0.4, -0.2) is 22.6 Å². The molecule has 1 aliphatic rings. The van der Waals surface area contributed by atoms with Gasteiger partial charge in [0.05, 0.1) is 5.52 Å². The molecule has 0 bridgehead atoms. The number of rotatable bonds is 2. The lowest BCUT2D eigenvalue weighted by molar-refractivity contribution is 0.230. The Hall–Kier alpha value is -2.39. The Bertz CT molecular complexity index is 995. The topological polar surface area (TPSA) is 8.17 Å². The van der Waals surface area contributed by atoms with E-state index in [1.807, 2.05) is 12.1 Å². The zero-order valence-electron chi connectivity index (χ0n) is 15.9. The molecule has 0 aliphatic carbocycles. The van der Waals surface area contributed by atoms with E-state index >= 15 is 0 Å². The Morgan fingerprint density at radius 3 is 2.62 bits per heavy atom. The van der Waals surface area contributed by atoms with Crippen LogP contribution >= 0.6 is 0 Å². The molecule has 134 valence electrons. The normalized spacial score (nSPS) is 18.3. The SMILES string of the molecule is CC(=Cn1c2c(c3cc(C)ccc31)CN(C)C(C)C2)c1ccc(F)cc1. The summed E-state index contributed by atoms with van der Waals surface area (Å²) < 4.78 is 15.6.